The molecule has 0 aliphatic heterocycles. The van der Waals surface area contributed by atoms with E-state index in [1.54, 1.807) is 10.9 Å². The molecule has 0 aliphatic carbocycles. The van der Waals surface area contributed by atoms with Crippen LogP contribution in [0.5, 0.6) is 0 Å². The Labute approximate surface area is 130 Å². The fourth-order valence-corrected chi connectivity index (χ4v) is 1.80. The lowest BCUT2D eigenvalue weighted by molar-refractivity contribution is -0.806. The Bertz CT molecular complexity index is 853. The second-order valence-corrected chi connectivity index (χ2v) is 4.61. The number of aromatic nitrogens is 4. The molecule has 0 spiro atoms. The van der Waals surface area contributed by atoms with Crippen LogP contribution in [0.4, 0.5) is 0 Å². The lowest BCUT2D eigenvalue weighted by Gasteiger charge is -1.98. The van der Waals surface area contributed by atoms with Crippen molar-refractivity contribution in [2.45, 2.75) is 6.92 Å². The molecule has 2 aromatic heterocycles. The van der Waals surface area contributed by atoms with Crippen LogP contribution in [0.2, 0.25) is 0 Å². The number of hydrazone groups is 1. The molecule has 0 saturated heterocycles. The van der Waals surface area contributed by atoms with E-state index in [1.807, 2.05) is 30.3 Å². The molecule has 3 rings (SSSR count). The number of benzene rings is 1. The molecule has 0 radical (unpaired) electrons. The summed E-state index contributed by atoms with van der Waals surface area (Å²) < 4.78 is 5.97. The maximum absolute atomic E-state index is 12.0. The highest BCUT2D eigenvalue weighted by Gasteiger charge is 2.12. The largest absolute Gasteiger partial charge is 0.359 e. The highest BCUT2D eigenvalue weighted by molar-refractivity contribution is 5.94. The quantitative estimate of drug-likeness (QED) is 0.430. The number of para-hydroxylation sites is 1. The smallest absolute Gasteiger partial charge is 0.274 e. The van der Waals surface area contributed by atoms with Gasteiger partial charge in [-0.2, -0.15) is 10.2 Å². The molecule has 0 atom stereocenters. The van der Waals surface area contributed by atoms with Crippen LogP contribution in [0.3, 0.4) is 0 Å². The SMILES string of the molecule is Cc1c(/C=N/NC(=O)c2cnn(-c3ccccc3)c2)no[n+]1[O-]. The van der Waals surface area contributed by atoms with Gasteiger partial charge < -0.3 is 5.21 Å². The van der Waals surface area contributed by atoms with Gasteiger partial charge in [-0.25, -0.2) is 10.1 Å². The Morgan fingerprint density at radius 3 is 2.91 bits per heavy atom. The molecule has 9 heteroatoms. The van der Waals surface area contributed by atoms with Gasteiger partial charge in [0.1, 0.15) is 6.21 Å². The van der Waals surface area contributed by atoms with Gasteiger partial charge in [-0.05, 0) is 17.0 Å². The molecule has 1 amide bonds. The summed E-state index contributed by atoms with van der Waals surface area (Å²) >= 11 is 0. The molecule has 1 N–H and O–H groups in total. The fourth-order valence-electron chi connectivity index (χ4n) is 1.80. The minimum atomic E-state index is -0.431. The molecule has 2 heterocycles. The first-order valence-electron chi connectivity index (χ1n) is 6.65. The van der Waals surface area contributed by atoms with Gasteiger partial charge in [-0.3, -0.25) is 9.42 Å². The van der Waals surface area contributed by atoms with E-state index in [2.05, 4.69) is 25.4 Å². The molecule has 0 aliphatic rings. The molecule has 3 aromatic rings. The van der Waals surface area contributed by atoms with Gasteiger partial charge in [0, 0.05) is 18.3 Å². The van der Waals surface area contributed by atoms with Gasteiger partial charge in [-0.15, -0.1) is 0 Å². The van der Waals surface area contributed by atoms with E-state index < -0.39 is 5.91 Å². The summed E-state index contributed by atoms with van der Waals surface area (Å²) in [5.41, 5.74) is 4.01. The van der Waals surface area contributed by atoms with Crippen molar-refractivity contribution in [3.8, 4) is 5.69 Å². The van der Waals surface area contributed by atoms with Crippen molar-refractivity contribution in [2.24, 2.45) is 5.10 Å². The third kappa shape index (κ3) is 3.07. The van der Waals surface area contributed by atoms with Crippen LogP contribution < -0.4 is 10.3 Å². The van der Waals surface area contributed by atoms with Crippen molar-refractivity contribution < 1.29 is 14.3 Å². The number of hydrogen-bond donors (Lipinski definition) is 1. The monoisotopic (exact) mass is 312 g/mol. The summed E-state index contributed by atoms with van der Waals surface area (Å²) in [5, 5.41) is 22.4. The number of hydrogen-bond acceptors (Lipinski definition) is 6. The van der Waals surface area contributed by atoms with Crippen molar-refractivity contribution in [3.63, 3.8) is 0 Å². The Morgan fingerprint density at radius 1 is 1.43 bits per heavy atom. The zero-order chi connectivity index (χ0) is 16.2. The third-order valence-electron chi connectivity index (χ3n) is 3.08. The van der Waals surface area contributed by atoms with Crippen LogP contribution in [0, 0.1) is 12.1 Å². The highest BCUT2D eigenvalue weighted by atomic mass is 16.8. The lowest BCUT2D eigenvalue weighted by atomic mass is 10.3. The molecule has 0 bridgehead atoms. The minimum absolute atomic E-state index is 0.236. The second kappa shape index (κ2) is 6.10. The molecule has 0 unspecified atom stereocenters. The summed E-state index contributed by atoms with van der Waals surface area (Å²) in [6.45, 7) is 1.52. The van der Waals surface area contributed by atoms with E-state index in [9.17, 15) is 10.0 Å². The van der Waals surface area contributed by atoms with Gasteiger partial charge in [0.2, 0.25) is 5.69 Å². The van der Waals surface area contributed by atoms with Crippen LogP contribution >= 0.6 is 0 Å². The van der Waals surface area contributed by atoms with Crippen LogP contribution in [-0.4, -0.2) is 27.1 Å². The zero-order valence-corrected chi connectivity index (χ0v) is 12.1. The average Bonchev–Trinajstić information content (AvgIpc) is 3.18. The molecule has 9 nitrogen and oxygen atoms in total. The number of carbonyl (C=O) groups is 1. The summed E-state index contributed by atoms with van der Waals surface area (Å²) in [4.78, 5) is 12.2. The summed E-state index contributed by atoms with van der Waals surface area (Å²) in [6, 6.07) is 9.40. The Balaban J connectivity index is 1.67. The second-order valence-electron chi connectivity index (χ2n) is 4.61. The zero-order valence-electron chi connectivity index (χ0n) is 12.1. The molecule has 116 valence electrons. The summed E-state index contributed by atoms with van der Waals surface area (Å²) in [7, 11) is 0. The number of nitrogens with one attached hydrogen (secondary N) is 1. The summed E-state index contributed by atoms with van der Waals surface area (Å²) in [5.74, 6) is -0.431. The Morgan fingerprint density at radius 2 is 2.22 bits per heavy atom. The first-order chi connectivity index (χ1) is 11.1. The van der Waals surface area contributed by atoms with Gasteiger partial charge in [-0.1, -0.05) is 18.2 Å². The molecular weight excluding hydrogens is 300 g/mol. The lowest BCUT2D eigenvalue weighted by Crippen LogP contribution is -2.26. The van der Waals surface area contributed by atoms with Crippen LogP contribution in [0.25, 0.3) is 5.69 Å². The van der Waals surface area contributed by atoms with Crippen molar-refractivity contribution in [2.75, 3.05) is 0 Å². The molecule has 1 aromatic carbocycles. The van der Waals surface area contributed by atoms with Crippen molar-refractivity contribution in [1.82, 2.24) is 20.4 Å². The number of nitrogens with zero attached hydrogens (tertiary/aromatic N) is 5. The molecule has 0 fully saturated rings. The standard InChI is InChI=1S/C14H12N6O3/c1-10-13(18-23-20(10)22)8-15-17-14(21)11-7-16-19(9-11)12-5-3-2-4-6-12/h2-9H,1H3,(H,17,21)/b15-8+. The molecule has 23 heavy (non-hydrogen) atoms. The summed E-state index contributed by atoms with van der Waals surface area (Å²) in [6.07, 6.45) is 4.25. The van der Waals surface area contributed by atoms with Crippen molar-refractivity contribution in [3.05, 3.63) is 64.9 Å². The fraction of sp³-hybridized carbons (Fsp3) is 0.0714. The van der Waals surface area contributed by atoms with Gasteiger partial charge in [0.25, 0.3) is 11.6 Å². The van der Waals surface area contributed by atoms with Gasteiger partial charge in [0.05, 0.1) is 17.4 Å². The van der Waals surface area contributed by atoms with Crippen LogP contribution in [0.15, 0.2) is 52.5 Å². The van der Waals surface area contributed by atoms with Crippen molar-refractivity contribution >= 4 is 12.1 Å². The highest BCUT2D eigenvalue weighted by Crippen LogP contribution is 2.07. The van der Waals surface area contributed by atoms with E-state index >= 15 is 0 Å². The predicted molar refractivity (Wildman–Crippen MR) is 78.8 cm³/mol. The van der Waals surface area contributed by atoms with Gasteiger partial charge in [0.15, 0.2) is 0 Å². The average molecular weight is 312 g/mol. The Kier molecular flexibility index (Phi) is 3.83. The van der Waals surface area contributed by atoms with Crippen molar-refractivity contribution in [1.29, 1.82) is 0 Å². The topological polar surface area (TPSA) is 112 Å². The van der Waals surface area contributed by atoms with Crippen LogP contribution in [-0.2, 0) is 0 Å². The maximum Gasteiger partial charge on any atom is 0.274 e. The van der Waals surface area contributed by atoms with E-state index in [4.69, 9.17) is 0 Å². The van der Waals surface area contributed by atoms with Gasteiger partial charge >= 0.3 is 0 Å². The van der Waals surface area contributed by atoms with E-state index in [0.29, 0.717) is 5.56 Å². The number of amides is 1. The first-order valence-corrected chi connectivity index (χ1v) is 6.65. The predicted octanol–water partition coefficient (Wildman–Crippen LogP) is 0.566. The minimum Gasteiger partial charge on any atom is -0.359 e. The first kappa shape index (κ1) is 14.4. The van der Waals surface area contributed by atoms with E-state index in [0.717, 1.165) is 5.69 Å². The third-order valence-corrected chi connectivity index (χ3v) is 3.08. The normalized spacial score (nSPS) is 11.0. The maximum atomic E-state index is 12.0. The molecular formula is C14H12N6O3. The van der Waals surface area contributed by atoms with E-state index in [-0.39, 0.29) is 16.3 Å². The number of rotatable bonds is 4. The molecule has 0 saturated carbocycles. The van der Waals surface area contributed by atoms with Crippen LogP contribution in [0.1, 0.15) is 21.7 Å². The van der Waals surface area contributed by atoms with E-state index in [1.165, 1.54) is 19.3 Å². The Hall–Kier alpha value is -3.49. The number of carbonyl (C=O) groups excluding carboxylic acids is 1.